The van der Waals surface area contributed by atoms with E-state index >= 15 is 0 Å². The minimum atomic E-state index is -0.376. The molecule has 0 saturated carbocycles. The van der Waals surface area contributed by atoms with Gasteiger partial charge in [0, 0.05) is 14.1 Å². The van der Waals surface area contributed by atoms with Crippen molar-refractivity contribution < 1.29 is 9.59 Å². The lowest BCUT2D eigenvalue weighted by molar-refractivity contribution is 0.0929. The first-order chi connectivity index (χ1) is 7.11. The number of carbonyl (C=O) groups excluding carboxylic acids is 2. The maximum Gasteiger partial charge on any atom is 0.253 e. The smallest absolute Gasteiger partial charge is 0.253 e. The Labute approximate surface area is 92.6 Å². The van der Waals surface area contributed by atoms with Crippen molar-refractivity contribution in [3.63, 3.8) is 0 Å². The van der Waals surface area contributed by atoms with Crippen LogP contribution in [0.4, 0.5) is 0 Å². The van der Waals surface area contributed by atoms with Gasteiger partial charge in [0.15, 0.2) is 0 Å². The largest absolute Gasteiger partial charge is 0.355 e. The standard InChI is InChI=1S/C10H11ClN2O2/c1-12-9(14)6-4-3-5-7(11)8(6)10(15)13-2/h3-5H,1-2H3,(H,12,14)(H,13,15). The summed E-state index contributed by atoms with van der Waals surface area (Å²) in [4.78, 5) is 23.0. The van der Waals surface area contributed by atoms with Gasteiger partial charge in [-0.3, -0.25) is 9.59 Å². The molecule has 5 heteroatoms. The van der Waals surface area contributed by atoms with Gasteiger partial charge in [0.1, 0.15) is 0 Å². The quantitative estimate of drug-likeness (QED) is 0.792. The summed E-state index contributed by atoms with van der Waals surface area (Å²) < 4.78 is 0. The molecule has 0 aliphatic heterocycles. The third-order valence-corrected chi connectivity index (χ3v) is 2.25. The van der Waals surface area contributed by atoms with Gasteiger partial charge < -0.3 is 10.6 Å². The zero-order valence-electron chi connectivity index (χ0n) is 8.43. The number of benzene rings is 1. The van der Waals surface area contributed by atoms with Crippen molar-refractivity contribution in [2.45, 2.75) is 0 Å². The Hall–Kier alpha value is -1.55. The van der Waals surface area contributed by atoms with Crippen LogP contribution in [0.2, 0.25) is 5.02 Å². The molecule has 0 radical (unpaired) electrons. The van der Waals surface area contributed by atoms with Crippen molar-refractivity contribution in [1.82, 2.24) is 10.6 Å². The first-order valence-corrected chi connectivity index (χ1v) is 4.72. The van der Waals surface area contributed by atoms with Crippen LogP contribution in [0, 0.1) is 0 Å². The van der Waals surface area contributed by atoms with E-state index in [1.807, 2.05) is 0 Å². The van der Waals surface area contributed by atoms with Crippen molar-refractivity contribution in [2.75, 3.05) is 14.1 Å². The molecule has 0 aliphatic carbocycles. The Morgan fingerprint density at radius 3 is 2.27 bits per heavy atom. The fourth-order valence-electron chi connectivity index (χ4n) is 1.20. The van der Waals surface area contributed by atoms with Crippen molar-refractivity contribution >= 4 is 23.4 Å². The number of nitrogens with one attached hydrogen (secondary N) is 2. The van der Waals surface area contributed by atoms with Gasteiger partial charge in [-0.05, 0) is 12.1 Å². The van der Waals surface area contributed by atoms with Gasteiger partial charge in [0.2, 0.25) is 0 Å². The molecule has 1 rings (SSSR count). The minimum Gasteiger partial charge on any atom is -0.355 e. The predicted octanol–water partition coefficient (Wildman–Crippen LogP) is 1.06. The van der Waals surface area contributed by atoms with Crippen LogP contribution in [0.15, 0.2) is 18.2 Å². The monoisotopic (exact) mass is 226 g/mol. The van der Waals surface area contributed by atoms with Crippen LogP contribution in [0.1, 0.15) is 20.7 Å². The lowest BCUT2D eigenvalue weighted by atomic mass is 10.1. The van der Waals surface area contributed by atoms with Gasteiger partial charge in [-0.25, -0.2) is 0 Å². The molecule has 80 valence electrons. The van der Waals surface area contributed by atoms with Crippen molar-refractivity contribution in [2.24, 2.45) is 0 Å². The van der Waals surface area contributed by atoms with Gasteiger partial charge in [0.05, 0.1) is 16.1 Å². The van der Waals surface area contributed by atoms with Gasteiger partial charge in [0.25, 0.3) is 11.8 Å². The SMILES string of the molecule is CNC(=O)c1cccc(Cl)c1C(=O)NC. The highest BCUT2D eigenvalue weighted by Gasteiger charge is 2.18. The highest BCUT2D eigenvalue weighted by Crippen LogP contribution is 2.19. The second kappa shape index (κ2) is 4.79. The van der Waals surface area contributed by atoms with E-state index in [0.717, 1.165) is 0 Å². The lowest BCUT2D eigenvalue weighted by Gasteiger charge is -2.08. The lowest BCUT2D eigenvalue weighted by Crippen LogP contribution is -2.25. The summed E-state index contributed by atoms with van der Waals surface area (Å²) in [6.45, 7) is 0. The van der Waals surface area contributed by atoms with Crippen molar-refractivity contribution in [1.29, 1.82) is 0 Å². The summed E-state index contributed by atoms with van der Waals surface area (Å²) >= 11 is 5.86. The number of rotatable bonds is 2. The summed E-state index contributed by atoms with van der Waals surface area (Å²) in [5, 5.41) is 5.15. The van der Waals surface area contributed by atoms with Crippen molar-refractivity contribution in [3.8, 4) is 0 Å². The van der Waals surface area contributed by atoms with E-state index in [1.54, 1.807) is 18.2 Å². The molecule has 0 bridgehead atoms. The minimum absolute atomic E-state index is 0.195. The van der Waals surface area contributed by atoms with Gasteiger partial charge >= 0.3 is 0 Å². The second-order valence-corrected chi connectivity index (χ2v) is 3.23. The van der Waals surface area contributed by atoms with E-state index in [2.05, 4.69) is 10.6 Å². The topological polar surface area (TPSA) is 58.2 Å². The molecule has 0 unspecified atom stereocenters. The summed E-state index contributed by atoms with van der Waals surface area (Å²) in [6.07, 6.45) is 0. The van der Waals surface area contributed by atoms with Crippen LogP contribution < -0.4 is 10.6 Å². The highest BCUT2D eigenvalue weighted by atomic mass is 35.5. The molecule has 15 heavy (non-hydrogen) atoms. The third-order valence-electron chi connectivity index (χ3n) is 1.94. The molecule has 2 amide bonds. The van der Waals surface area contributed by atoms with E-state index in [1.165, 1.54) is 14.1 Å². The number of carbonyl (C=O) groups is 2. The molecule has 0 spiro atoms. The van der Waals surface area contributed by atoms with Crippen LogP contribution in [-0.2, 0) is 0 Å². The molecular formula is C10H11ClN2O2. The molecule has 1 aromatic carbocycles. The number of hydrogen-bond donors (Lipinski definition) is 2. The van der Waals surface area contributed by atoms with Crippen LogP contribution in [-0.4, -0.2) is 25.9 Å². The number of hydrogen-bond acceptors (Lipinski definition) is 2. The van der Waals surface area contributed by atoms with E-state index < -0.39 is 0 Å². The maximum absolute atomic E-state index is 11.5. The first kappa shape index (κ1) is 11.5. The van der Waals surface area contributed by atoms with Gasteiger partial charge in [-0.15, -0.1) is 0 Å². The number of halogens is 1. The van der Waals surface area contributed by atoms with Crippen LogP contribution >= 0.6 is 11.6 Å². The highest BCUT2D eigenvalue weighted by molar-refractivity contribution is 6.34. The predicted molar refractivity (Wildman–Crippen MR) is 58.2 cm³/mol. The fourth-order valence-corrected chi connectivity index (χ4v) is 1.46. The van der Waals surface area contributed by atoms with Crippen LogP contribution in [0.3, 0.4) is 0 Å². The Kier molecular flexibility index (Phi) is 3.68. The molecule has 4 nitrogen and oxygen atoms in total. The molecule has 0 aromatic heterocycles. The second-order valence-electron chi connectivity index (χ2n) is 2.82. The van der Waals surface area contributed by atoms with E-state index in [-0.39, 0.29) is 28.0 Å². The normalized spacial score (nSPS) is 9.53. The van der Waals surface area contributed by atoms with Crippen LogP contribution in [0.25, 0.3) is 0 Å². The average Bonchev–Trinajstić information content (AvgIpc) is 2.26. The molecule has 0 fully saturated rings. The zero-order valence-corrected chi connectivity index (χ0v) is 9.18. The Balaban J connectivity index is 3.32. The zero-order chi connectivity index (χ0) is 11.4. The average molecular weight is 227 g/mol. The molecule has 1 aromatic rings. The Morgan fingerprint density at radius 1 is 1.13 bits per heavy atom. The molecule has 2 N–H and O–H groups in total. The molecule has 0 atom stereocenters. The van der Waals surface area contributed by atoms with E-state index in [9.17, 15) is 9.59 Å². The summed E-state index contributed by atoms with van der Waals surface area (Å²) in [5.41, 5.74) is 0.463. The fraction of sp³-hybridized carbons (Fsp3) is 0.200. The van der Waals surface area contributed by atoms with Gasteiger partial charge in [-0.2, -0.15) is 0 Å². The van der Waals surface area contributed by atoms with E-state index in [0.29, 0.717) is 0 Å². The molecular weight excluding hydrogens is 216 g/mol. The van der Waals surface area contributed by atoms with Crippen LogP contribution in [0.5, 0.6) is 0 Å². The maximum atomic E-state index is 11.5. The van der Waals surface area contributed by atoms with Crippen molar-refractivity contribution in [3.05, 3.63) is 34.3 Å². The third kappa shape index (κ3) is 2.27. The Morgan fingerprint density at radius 2 is 1.73 bits per heavy atom. The Bertz CT molecular complexity index is 404. The van der Waals surface area contributed by atoms with E-state index in [4.69, 9.17) is 11.6 Å². The molecule has 0 aliphatic rings. The summed E-state index contributed by atoms with van der Waals surface area (Å²) in [7, 11) is 2.98. The number of amides is 2. The molecule has 0 heterocycles. The first-order valence-electron chi connectivity index (χ1n) is 4.34. The summed E-state index contributed by atoms with van der Waals surface area (Å²) in [5.74, 6) is -0.713. The van der Waals surface area contributed by atoms with Gasteiger partial charge in [-0.1, -0.05) is 17.7 Å². The molecule has 0 saturated heterocycles. The summed E-state index contributed by atoms with van der Waals surface area (Å²) in [6, 6.07) is 4.74.